The van der Waals surface area contributed by atoms with E-state index in [1.54, 1.807) is 32.6 Å². The van der Waals surface area contributed by atoms with Crippen molar-refractivity contribution in [3.05, 3.63) is 58.1 Å². The van der Waals surface area contributed by atoms with Crippen molar-refractivity contribution in [1.29, 1.82) is 0 Å². The highest BCUT2D eigenvalue weighted by Crippen LogP contribution is 2.57. The molecule has 216 valence electrons. The maximum absolute atomic E-state index is 15.6. The number of fused-ring (bicyclic) bond motifs is 4. The molecule has 0 radical (unpaired) electrons. The number of benzene rings is 1. The SMILES string of the molecule is CNc1cc(F)c(F)c2c1[nH]c1ncc(-c3cnc4c(c3)c(=O)c(C(=O)O)cn4C)c(N3CC[C@@]4(CC4N(C)C)C3)c12. The number of carboxylic acids is 1. The number of H-pyrrole nitrogens is 1. The van der Waals surface area contributed by atoms with Crippen molar-refractivity contribution < 1.29 is 18.7 Å². The molecular formula is C30H29F2N7O3. The van der Waals surface area contributed by atoms with Crippen LogP contribution >= 0.6 is 0 Å². The van der Waals surface area contributed by atoms with E-state index >= 15 is 4.39 Å². The van der Waals surface area contributed by atoms with Crippen molar-refractivity contribution in [2.24, 2.45) is 12.5 Å². The number of hydrogen-bond acceptors (Lipinski definition) is 7. The van der Waals surface area contributed by atoms with Crippen molar-refractivity contribution in [2.75, 3.05) is 44.4 Å². The normalized spacial score (nSPS) is 20.1. The van der Waals surface area contributed by atoms with E-state index in [0.29, 0.717) is 57.3 Å². The fourth-order valence-electron chi connectivity index (χ4n) is 6.92. The van der Waals surface area contributed by atoms with Crippen molar-refractivity contribution in [1.82, 2.24) is 24.4 Å². The quantitative estimate of drug-likeness (QED) is 0.287. The Morgan fingerprint density at radius 3 is 2.69 bits per heavy atom. The van der Waals surface area contributed by atoms with E-state index < -0.39 is 23.0 Å². The first-order valence-corrected chi connectivity index (χ1v) is 13.7. The lowest BCUT2D eigenvalue weighted by Gasteiger charge is -2.24. The Hall–Kier alpha value is -4.58. The highest BCUT2D eigenvalue weighted by Gasteiger charge is 2.58. The average molecular weight is 574 g/mol. The van der Waals surface area contributed by atoms with Gasteiger partial charge in [-0.25, -0.2) is 23.5 Å². The molecule has 10 nitrogen and oxygen atoms in total. The van der Waals surface area contributed by atoms with Crippen LogP contribution in [0.15, 0.2) is 35.5 Å². The molecule has 1 unspecified atom stereocenters. The molecule has 1 spiro atoms. The Morgan fingerprint density at radius 2 is 2.00 bits per heavy atom. The maximum atomic E-state index is 15.6. The number of anilines is 2. The van der Waals surface area contributed by atoms with Crippen LogP contribution in [-0.4, -0.2) is 75.8 Å². The largest absolute Gasteiger partial charge is 0.477 e. The van der Waals surface area contributed by atoms with E-state index in [0.717, 1.165) is 25.5 Å². The van der Waals surface area contributed by atoms with Crippen LogP contribution in [0, 0.1) is 17.0 Å². The van der Waals surface area contributed by atoms with Gasteiger partial charge in [0.25, 0.3) is 0 Å². The summed E-state index contributed by atoms with van der Waals surface area (Å²) in [6, 6.07) is 3.16. The highest BCUT2D eigenvalue weighted by atomic mass is 19.2. The molecule has 5 heterocycles. The zero-order valence-electron chi connectivity index (χ0n) is 23.5. The van der Waals surface area contributed by atoms with Crippen LogP contribution in [-0.2, 0) is 7.05 Å². The topological polar surface area (TPSA) is 119 Å². The molecule has 3 N–H and O–H groups in total. The third kappa shape index (κ3) is 3.64. The number of aryl methyl sites for hydroxylation is 1. The van der Waals surface area contributed by atoms with Crippen LogP contribution < -0.4 is 15.6 Å². The number of aromatic carboxylic acids is 1. The number of nitrogens with one attached hydrogen (secondary N) is 2. The summed E-state index contributed by atoms with van der Waals surface area (Å²) in [5.74, 6) is -3.28. The Kier molecular flexibility index (Phi) is 5.62. The number of carboxylic acid groups (broad SMARTS) is 1. The second kappa shape index (κ2) is 8.96. The van der Waals surface area contributed by atoms with E-state index in [2.05, 4.69) is 44.2 Å². The number of carbonyl (C=O) groups is 1. The predicted octanol–water partition coefficient (Wildman–Crippen LogP) is 4.18. The number of halogens is 2. The van der Waals surface area contributed by atoms with Gasteiger partial charge in [-0.15, -0.1) is 0 Å². The van der Waals surface area contributed by atoms with Gasteiger partial charge in [-0.3, -0.25) is 4.79 Å². The molecule has 1 aromatic carbocycles. The van der Waals surface area contributed by atoms with E-state index in [4.69, 9.17) is 0 Å². The number of aromatic amines is 1. The van der Waals surface area contributed by atoms with Crippen molar-refractivity contribution in [2.45, 2.75) is 18.9 Å². The standard InChI is InChI=1S/C30H29F2N7O3/c1-33-19-8-18(31)23(32)21-22-25(39-6-5-30(13-39)9-20(30)37(2)3)16(11-34-27(22)36-24(19)21)14-7-15-26(40)17(29(41)42)12-38(4)28(15)35-10-14/h7-8,10-12,20,33H,5-6,9,13H2,1-4H3,(H,34,36)(H,41,42)/t20?,30-/m1/s1. The maximum Gasteiger partial charge on any atom is 0.341 e. The van der Waals surface area contributed by atoms with Crippen LogP contribution in [0.25, 0.3) is 44.1 Å². The minimum atomic E-state index is -1.33. The number of rotatable bonds is 5. The van der Waals surface area contributed by atoms with E-state index in [1.807, 2.05) is 0 Å². The first kappa shape index (κ1) is 26.3. The van der Waals surface area contributed by atoms with E-state index in [1.165, 1.54) is 10.8 Å². The summed E-state index contributed by atoms with van der Waals surface area (Å²) in [5, 5.41) is 13.2. The monoisotopic (exact) mass is 573 g/mol. The van der Waals surface area contributed by atoms with Crippen LogP contribution in [0.1, 0.15) is 23.2 Å². The van der Waals surface area contributed by atoms with Gasteiger partial charge in [0, 0.05) is 74.4 Å². The zero-order chi connectivity index (χ0) is 29.7. The summed E-state index contributed by atoms with van der Waals surface area (Å²) in [7, 11) is 7.41. The van der Waals surface area contributed by atoms with Gasteiger partial charge in [0.2, 0.25) is 5.43 Å². The van der Waals surface area contributed by atoms with Crippen LogP contribution in [0.2, 0.25) is 0 Å². The van der Waals surface area contributed by atoms with Crippen molar-refractivity contribution in [3.8, 4) is 11.1 Å². The molecular weight excluding hydrogens is 544 g/mol. The fourth-order valence-corrected chi connectivity index (χ4v) is 6.92. The highest BCUT2D eigenvalue weighted by molar-refractivity contribution is 6.18. The van der Waals surface area contributed by atoms with E-state index in [9.17, 15) is 19.1 Å². The number of aromatic nitrogens is 4. The smallest absolute Gasteiger partial charge is 0.341 e. The van der Waals surface area contributed by atoms with Crippen LogP contribution in [0.4, 0.5) is 20.2 Å². The molecule has 42 heavy (non-hydrogen) atoms. The van der Waals surface area contributed by atoms with Gasteiger partial charge in [0.05, 0.1) is 33.1 Å². The molecule has 2 fully saturated rings. The molecule has 1 saturated carbocycles. The van der Waals surface area contributed by atoms with E-state index in [-0.39, 0.29) is 21.8 Å². The van der Waals surface area contributed by atoms with Gasteiger partial charge < -0.3 is 29.8 Å². The summed E-state index contributed by atoms with van der Waals surface area (Å²) in [6.07, 6.45) is 6.49. The molecule has 5 aromatic rings. The van der Waals surface area contributed by atoms with Crippen molar-refractivity contribution >= 4 is 50.3 Å². The van der Waals surface area contributed by atoms with Gasteiger partial charge in [-0.05, 0) is 33.0 Å². The molecule has 2 aliphatic rings. The zero-order valence-corrected chi connectivity index (χ0v) is 23.5. The number of pyridine rings is 3. The van der Waals surface area contributed by atoms with Gasteiger partial charge in [-0.1, -0.05) is 0 Å². The second-order valence-electron chi connectivity index (χ2n) is 11.7. The Bertz CT molecular complexity index is 2040. The minimum Gasteiger partial charge on any atom is -0.477 e. The Balaban J connectivity index is 1.53. The molecule has 1 aliphatic carbocycles. The van der Waals surface area contributed by atoms with Gasteiger partial charge in [0.1, 0.15) is 16.9 Å². The molecule has 1 saturated heterocycles. The molecule has 0 amide bonds. The van der Waals surface area contributed by atoms with Gasteiger partial charge >= 0.3 is 5.97 Å². The molecule has 7 rings (SSSR count). The molecule has 4 aromatic heterocycles. The second-order valence-corrected chi connectivity index (χ2v) is 11.7. The predicted molar refractivity (Wildman–Crippen MR) is 157 cm³/mol. The lowest BCUT2D eigenvalue weighted by molar-refractivity contribution is 0.0695. The average Bonchev–Trinajstić information content (AvgIpc) is 3.30. The first-order valence-electron chi connectivity index (χ1n) is 13.7. The number of hydrogen-bond donors (Lipinski definition) is 3. The Morgan fingerprint density at radius 1 is 1.21 bits per heavy atom. The van der Waals surface area contributed by atoms with Gasteiger partial charge in [0.15, 0.2) is 11.6 Å². The third-order valence-electron chi connectivity index (χ3n) is 9.06. The molecule has 2 atom stereocenters. The summed E-state index contributed by atoms with van der Waals surface area (Å²) < 4.78 is 32.1. The summed E-state index contributed by atoms with van der Waals surface area (Å²) in [5.41, 5.74) is 2.41. The fraction of sp³-hybridized carbons (Fsp3) is 0.333. The van der Waals surface area contributed by atoms with Gasteiger partial charge in [-0.2, -0.15) is 0 Å². The van der Waals surface area contributed by atoms with Crippen molar-refractivity contribution in [3.63, 3.8) is 0 Å². The van der Waals surface area contributed by atoms with Crippen LogP contribution in [0.5, 0.6) is 0 Å². The third-order valence-corrected chi connectivity index (χ3v) is 9.06. The molecule has 12 heteroatoms. The lowest BCUT2D eigenvalue weighted by atomic mass is 10.0. The van der Waals surface area contributed by atoms with Crippen LogP contribution in [0.3, 0.4) is 0 Å². The lowest BCUT2D eigenvalue weighted by Crippen LogP contribution is -2.26. The summed E-state index contributed by atoms with van der Waals surface area (Å²) >= 11 is 0. The Labute approximate surface area is 238 Å². The molecule has 0 bridgehead atoms. The number of nitrogens with zero attached hydrogens (tertiary/aromatic N) is 5. The first-order chi connectivity index (χ1) is 20.0. The summed E-state index contributed by atoms with van der Waals surface area (Å²) in [6.45, 7) is 1.42. The molecule has 1 aliphatic heterocycles. The minimum absolute atomic E-state index is 0.0936. The summed E-state index contributed by atoms with van der Waals surface area (Å²) in [4.78, 5) is 41.7.